The van der Waals surface area contributed by atoms with Gasteiger partial charge in [0.25, 0.3) is 0 Å². The summed E-state index contributed by atoms with van der Waals surface area (Å²) < 4.78 is 0. The van der Waals surface area contributed by atoms with Crippen molar-refractivity contribution < 1.29 is 0 Å². The van der Waals surface area contributed by atoms with Crippen LogP contribution in [-0.4, -0.2) is 15.7 Å². The molecule has 3 aromatic rings. The lowest BCUT2D eigenvalue weighted by atomic mass is 10.0. The van der Waals surface area contributed by atoms with Crippen molar-refractivity contribution in [3.63, 3.8) is 0 Å². The number of nitrogens with zero attached hydrogens (tertiary/aromatic N) is 3. The van der Waals surface area contributed by atoms with Crippen molar-refractivity contribution >= 4 is 11.8 Å². The highest BCUT2D eigenvalue weighted by atomic mass is 32.2. The van der Waals surface area contributed by atoms with Crippen LogP contribution in [0.5, 0.6) is 0 Å². The van der Waals surface area contributed by atoms with Crippen LogP contribution in [0, 0.1) is 11.3 Å². The Morgan fingerprint density at radius 1 is 1.09 bits per heavy atom. The molecule has 0 saturated heterocycles. The van der Waals surface area contributed by atoms with Crippen LogP contribution in [0.25, 0.3) is 22.4 Å². The van der Waals surface area contributed by atoms with Gasteiger partial charge in [0, 0.05) is 29.1 Å². The Balaban J connectivity index is 2.25. The second kappa shape index (κ2) is 7.08. The molecule has 0 unspecified atom stereocenters. The average Bonchev–Trinajstić information content (AvgIpc) is 2.63. The normalized spacial score (nSPS) is 10.3. The zero-order valence-corrected chi connectivity index (χ0v) is 13.5. The van der Waals surface area contributed by atoms with Crippen molar-refractivity contribution in [3.05, 3.63) is 66.5 Å². The molecule has 0 amide bonds. The molecular weight excluding hydrogens is 302 g/mol. The molecule has 2 aromatic heterocycles. The Hall–Kier alpha value is -2.64. The van der Waals surface area contributed by atoms with Crippen LogP contribution in [0.2, 0.25) is 0 Å². The number of pyridine rings is 2. The molecule has 4 heteroatoms. The molecule has 0 aliphatic heterocycles. The minimum Gasteiger partial charge on any atom is -0.264 e. The van der Waals surface area contributed by atoms with Gasteiger partial charge >= 0.3 is 0 Å². The Morgan fingerprint density at radius 2 is 1.87 bits per heavy atom. The van der Waals surface area contributed by atoms with Gasteiger partial charge in [-0.15, -0.1) is 11.8 Å². The molecule has 3 rings (SSSR count). The van der Waals surface area contributed by atoms with Crippen LogP contribution in [0.1, 0.15) is 12.5 Å². The monoisotopic (exact) mass is 317 g/mol. The number of rotatable bonds is 4. The molecule has 0 saturated carbocycles. The molecule has 0 N–H and O–H groups in total. The van der Waals surface area contributed by atoms with E-state index in [1.807, 2.05) is 48.5 Å². The van der Waals surface area contributed by atoms with Gasteiger partial charge in [0.2, 0.25) is 0 Å². The topological polar surface area (TPSA) is 49.6 Å². The lowest BCUT2D eigenvalue weighted by Gasteiger charge is -2.11. The van der Waals surface area contributed by atoms with Gasteiger partial charge < -0.3 is 0 Å². The van der Waals surface area contributed by atoms with E-state index in [0.29, 0.717) is 5.56 Å². The van der Waals surface area contributed by atoms with Crippen LogP contribution in [0.3, 0.4) is 0 Å². The van der Waals surface area contributed by atoms with Crippen LogP contribution in [-0.2, 0) is 0 Å². The van der Waals surface area contributed by atoms with Gasteiger partial charge in [0.1, 0.15) is 11.1 Å². The molecule has 0 spiro atoms. The van der Waals surface area contributed by atoms with Crippen molar-refractivity contribution in [2.45, 2.75) is 11.9 Å². The molecule has 0 aliphatic carbocycles. The van der Waals surface area contributed by atoms with E-state index >= 15 is 0 Å². The minimum absolute atomic E-state index is 0.615. The number of thioether (sulfide) groups is 1. The van der Waals surface area contributed by atoms with E-state index in [1.54, 1.807) is 24.2 Å². The average molecular weight is 317 g/mol. The van der Waals surface area contributed by atoms with Gasteiger partial charge in [-0.05, 0) is 17.9 Å². The van der Waals surface area contributed by atoms with E-state index < -0.39 is 0 Å². The number of aromatic nitrogens is 2. The lowest BCUT2D eigenvalue weighted by Crippen LogP contribution is -1.96. The van der Waals surface area contributed by atoms with Crippen LogP contribution in [0.15, 0.2) is 66.0 Å². The third-order valence-corrected chi connectivity index (χ3v) is 4.28. The summed E-state index contributed by atoms with van der Waals surface area (Å²) >= 11 is 1.59. The first-order valence-electron chi connectivity index (χ1n) is 7.37. The van der Waals surface area contributed by atoms with E-state index in [4.69, 9.17) is 4.98 Å². The van der Waals surface area contributed by atoms with E-state index in [-0.39, 0.29) is 0 Å². The highest BCUT2D eigenvalue weighted by molar-refractivity contribution is 7.99. The highest BCUT2D eigenvalue weighted by Gasteiger charge is 2.15. The molecule has 0 fully saturated rings. The SMILES string of the molecule is CCSc1nc(-c2ccccc2)cc(-c2cccnc2)c1C#N. The molecule has 1 aromatic carbocycles. The smallest absolute Gasteiger partial charge is 0.115 e. The maximum Gasteiger partial charge on any atom is 0.115 e. The van der Waals surface area contributed by atoms with Gasteiger partial charge in [0.15, 0.2) is 0 Å². The van der Waals surface area contributed by atoms with Crippen LogP contribution in [0.4, 0.5) is 0 Å². The fourth-order valence-corrected chi connectivity index (χ4v) is 3.11. The van der Waals surface area contributed by atoms with Crippen molar-refractivity contribution in [1.82, 2.24) is 9.97 Å². The zero-order chi connectivity index (χ0) is 16.1. The van der Waals surface area contributed by atoms with Gasteiger partial charge in [-0.25, -0.2) is 4.98 Å². The molecule has 3 nitrogen and oxygen atoms in total. The van der Waals surface area contributed by atoms with Gasteiger partial charge in [-0.2, -0.15) is 5.26 Å². The lowest BCUT2D eigenvalue weighted by molar-refractivity contribution is 1.12. The maximum absolute atomic E-state index is 9.62. The number of hydrogen-bond donors (Lipinski definition) is 0. The second-order valence-corrected chi connectivity index (χ2v) is 6.14. The molecule has 0 atom stereocenters. The Kier molecular flexibility index (Phi) is 4.70. The predicted octanol–water partition coefficient (Wildman–Crippen LogP) is 4.79. The van der Waals surface area contributed by atoms with Crippen molar-refractivity contribution in [1.29, 1.82) is 5.26 Å². The Bertz CT molecular complexity index is 840. The maximum atomic E-state index is 9.62. The summed E-state index contributed by atoms with van der Waals surface area (Å²) in [5.41, 5.74) is 4.34. The molecule has 23 heavy (non-hydrogen) atoms. The summed E-state index contributed by atoms with van der Waals surface area (Å²) in [6, 6.07) is 18.2. The fraction of sp³-hybridized carbons (Fsp3) is 0.105. The molecular formula is C19H15N3S. The first-order valence-corrected chi connectivity index (χ1v) is 8.35. The number of nitriles is 1. The predicted molar refractivity (Wildman–Crippen MR) is 94.0 cm³/mol. The molecule has 112 valence electrons. The standard InChI is InChI=1S/C19H15N3S/c1-2-23-19-17(12-20)16(15-9-6-10-21-13-15)11-18(22-19)14-7-4-3-5-8-14/h3-11,13H,2H2,1H3. The van der Waals surface area contributed by atoms with Gasteiger partial charge in [-0.1, -0.05) is 43.3 Å². The van der Waals surface area contributed by atoms with E-state index in [2.05, 4.69) is 18.0 Å². The second-order valence-electron chi connectivity index (χ2n) is 4.89. The van der Waals surface area contributed by atoms with E-state index in [0.717, 1.165) is 33.2 Å². The van der Waals surface area contributed by atoms with Gasteiger partial charge in [-0.3, -0.25) is 4.98 Å². The van der Waals surface area contributed by atoms with E-state index in [1.165, 1.54) is 0 Å². The first kappa shape index (κ1) is 15.3. The van der Waals surface area contributed by atoms with Gasteiger partial charge in [0.05, 0.1) is 11.3 Å². The van der Waals surface area contributed by atoms with Crippen LogP contribution >= 0.6 is 11.8 Å². The fourth-order valence-electron chi connectivity index (χ4n) is 2.38. The molecule has 2 heterocycles. The summed E-state index contributed by atoms with van der Waals surface area (Å²) in [7, 11) is 0. The molecule has 0 bridgehead atoms. The third-order valence-electron chi connectivity index (χ3n) is 3.42. The van der Waals surface area contributed by atoms with Crippen LogP contribution < -0.4 is 0 Å². The Morgan fingerprint density at radius 3 is 2.52 bits per heavy atom. The Labute approximate surface area is 140 Å². The summed E-state index contributed by atoms with van der Waals surface area (Å²) in [6.07, 6.45) is 3.52. The van der Waals surface area contributed by atoms with Crippen molar-refractivity contribution in [2.75, 3.05) is 5.75 Å². The minimum atomic E-state index is 0.615. The van der Waals surface area contributed by atoms with Crippen molar-refractivity contribution in [2.24, 2.45) is 0 Å². The third kappa shape index (κ3) is 3.25. The molecule has 0 radical (unpaired) electrons. The number of hydrogen-bond acceptors (Lipinski definition) is 4. The highest BCUT2D eigenvalue weighted by Crippen LogP contribution is 2.33. The first-order chi connectivity index (χ1) is 11.3. The summed E-state index contributed by atoms with van der Waals surface area (Å²) in [6.45, 7) is 2.06. The van der Waals surface area contributed by atoms with E-state index in [9.17, 15) is 5.26 Å². The number of benzene rings is 1. The largest absolute Gasteiger partial charge is 0.264 e. The summed E-state index contributed by atoms with van der Waals surface area (Å²) in [5, 5.41) is 10.4. The quantitative estimate of drug-likeness (QED) is 0.649. The summed E-state index contributed by atoms with van der Waals surface area (Å²) in [4.78, 5) is 8.89. The molecule has 0 aliphatic rings. The zero-order valence-electron chi connectivity index (χ0n) is 12.7. The summed E-state index contributed by atoms with van der Waals surface area (Å²) in [5.74, 6) is 0.867. The van der Waals surface area contributed by atoms with Crippen molar-refractivity contribution in [3.8, 4) is 28.5 Å².